The van der Waals surface area contributed by atoms with Gasteiger partial charge in [-0.25, -0.2) is 14.4 Å². The first-order valence-corrected chi connectivity index (χ1v) is 14.2. The molecule has 0 unspecified atom stereocenters. The molecule has 3 aromatic rings. The predicted molar refractivity (Wildman–Crippen MR) is 154 cm³/mol. The molecule has 12 nitrogen and oxygen atoms in total. The molecule has 15 heteroatoms. The van der Waals surface area contributed by atoms with Crippen molar-refractivity contribution in [1.29, 1.82) is 0 Å². The Bertz CT molecular complexity index is 1730. The third-order valence-corrected chi connectivity index (χ3v) is 7.40. The fourth-order valence-corrected chi connectivity index (χ4v) is 5.15. The summed E-state index contributed by atoms with van der Waals surface area (Å²) in [4.78, 5) is 63.3. The molecule has 2 aromatic heterocycles. The van der Waals surface area contributed by atoms with E-state index in [1.165, 1.54) is 6.07 Å². The Hall–Kier alpha value is -4.92. The van der Waals surface area contributed by atoms with Gasteiger partial charge in [-0.2, -0.15) is 13.2 Å². The van der Waals surface area contributed by atoms with Gasteiger partial charge in [-0.15, -0.1) is 0 Å². The number of hydrogen-bond acceptors (Lipinski definition) is 10. The Labute approximate surface area is 254 Å². The molecule has 0 radical (unpaired) electrons. The van der Waals surface area contributed by atoms with Crippen molar-refractivity contribution in [2.24, 2.45) is 0 Å². The van der Waals surface area contributed by atoms with Gasteiger partial charge in [0.1, 0.15) is 5.75 Å². The zero-order valence-electron chi connectivity index (χ0n) is 24.3. The second-order valence-electron chi connectivity index (χ2n) is 10.5. The van der Waals surface area contributed by atoms with Gasteiger partial charge in [-0.3, -0.25) is 19.2 Å². The number of pyridine rings is 1. The summed E-state index contributed by atoms with van der Waals surface area (Å²) < 4.78 is 49.5. The number of esters is 1. The maximum atomic E-state index is 13.1. The molecule has 1 saturated heterocycles. The number of hydrogen-bond donors (Lipinski definition) is 0. The fraction of sp³-hybridized carbons (Fsp3) is 0.367. The molecule has 5 rings (SSSR count). The highest BCUT2D eigenvalue weighted by Crippen LogP contribution is 2.30. The van der Waals surface area contributed by atoms with Crippen LogP contribution in [0.4, 0.5) is 18.9 Å². The van der Waals surface area contributed by atoms with Crippen LogP contribution in [-0.4, -0.2) is 76.6 Å². The molecule has 0 aliphatic carbocycles. The van der Waals surface area contributed by atoms with Crippen LogP contribution in [0, 0.1) is 6.92 Å². The quantitative estimate of drug-likeness (QED) is 0.324. The number of halogens is 3. The van der Waals surface area contributed by atoms with Gasteiger partial charge in [0.15, 0.2) is 6.61 Å². The third-order valence-electron chi connectivity index (χ3n) is 7.40. The molecule has 238 valence electrons. The standard InChI is InChI=1S/C30H30F3N5O7/c1-20-10-11-34-22(21(20)17-37-18-25-28(41)38(29(37)42)45-27(40)9-8-26(39)44-25)5-4-12-35-13-15-36(16-14-35)23-6-2-3-7-24(23)43-19-30(31,32)33/h2-3,6-11,18H,4-5,12-17,19H2,1H3/b9-8+. The highest BCUT2D eigenvalue weighted by Gasteiger charge is 2.29. The monoisotopic (exact) mass is 629 g/mol. The molecular weight excluding hydrogens is 599 g/mol. The molecule has 0 spiro atoms. The van der Waals surface area contributed by atoms with Gasteiger partial charge in [0.2, 0.25) is 5.75 Å². The average molecular weight is 630 g/mol. The number of fused-ring (bicyclic) bond motifs is 2. The van der Waals surface area contributed by atoms with Crippen LogP contribution < -0.4 is 30.5 Å². The molecule has 2 aliphatic rings. The number of aryl methyl sites for hydroxylation is 2. The molecule has 1 aromatic carbocycles. The number of piperazine rings is 1. The van der Waals surface area contributed by atoms with Gasteiger partial charge < -0.3 is 19.2 Å². The Morgan fingerprint density at radius 3 is 2.47 bits per heavy atom. The molecule has 1 fully saturated rings. The van der Waals surface area contributed by atoms with Crippen molar-refractivity contribution in [2.45, 2.75) is 32.5 Å². The van der Waals surface area contributed by atoms with E-state index in [1.54, 1.807) is 30.5 Å². The van der Waals surface area contributed by atoms with Gasteiger partial charge in [0.25, 0.3) is 0 Å². The summed E-state index contributed by atoms with van der Waals surface area (Å²) in [5, 5.41) is 0. The number of para-hydroxylation sites is 2. The second-order valence-corrected chi connectivity index (χ2v) is 10.5. The molecule has 0 amide bonds. The van der Waals surface area contributed by atoms with Gasteiger partial charge in [-0.05, 0) is 55.6 Å². The first-order valence-electron chi connectivity index (χ1n) is 14.2. The van der Waals surface area contributed by atoms with Crippen molar-refractivity contribution < 1.29 is 37.1 Å². The normalized spacial score (nSPS) is 16.3. The first kappa shape index (κ1) is 31.5. The van der Waals surface area contributed by atoms with Crippen LogP contribution in [0.2, 0.25) is 0 Å². The molecule has 0 atom stereocenters. The Kier molecular flexibility index (Phi) is 9.37. The maximum Gasteiger partial charge on any atom is 0.422 e. The van der Waals surface area contributed by atoms with Gasteiger partial charge in [0, 0.05) is 50.2 Å². The Morgan fingerprint density at radius 2 is 1.71 bits per heavy atom. The number of benzene rings is 1. The molecule has 45 heavy (non-hydrogen) atoms. The summed E-state index contributed by atoms with van der Waals surface area (Å²) in [7, 11) is 0. The molecule has 2 aliphatic heterocycles. The summed E-state index contributed by atoms with van der Waals surface area (Å²) in [6.45, 7) is 3.85. The van der Waals surface area contributed by atoms with Crippen LogP contribution in [-0.2, 0) is 22.6 Å². The number of alkyl halides is 3. The number of nitrogens with zero attached hydrogens (tertiary/aromatic N) is 5. The minimum atomic E-state index is -4.42. The number of anilines is 1. The van der Waals surface area contributed by atoms with Crippen molar-refractivity contribution in [3.8, 4) is 11.5 Å². The molecule has 2 bridgehead atoms. The van der Waals surface area contributed by atoms with Crippen LogP contribution >= 0.6 is 0 Å². The molecule has 4 heterocycles. The van der Waals surface area contributed by atoms with Crippen LogP contribution in [0.5, 0.6) is 11.5 Å². The maximum absolute atomic E-state index is 13.1. The average Bonchev–Trinajstić information content (AvgIpc) is 3.04. The summed E-state index contributed by atoms with van der Waals surface area (Å²) in [5.41, 5.74) is 0.911. The largest absolute Gasteiger partial charge is 0.482 e. The number of ether oxygens (including phenoxy) is 2. The summed E-state index contributed by atoms with van der Waals surface area (Å²) in [6, 6.07) is 8.49. The van der Waals surface area contributed by atoms with E-state index in [2.05, 4.69) is 9.88 Å². The summed E-state index contributed by atoms with van der Waals surface area (Å²) in [5.74, 6) is -2.34. The minimum Gasteiger partial charge on any atom is -0.482 e. The van der Waals surface area contributed by atoms with Crippen molar-refractivity contribution in [3.05, 3.63) is 92.5 Å². The number of rotatable bonds is 9. The van der Waals surface area contributed by atoms with E-state index in [-0.39, 0.29) is 17.0 Å². The summed E-state index contributed by atoms with van der Waals surface area (Å²) in [6.07, 6.45) is 1.20. The van der Waals surface area contributed by atoms with Crippen LogP contribution in [0.15, 0.2) is 64.5 Å². The van der Waals surface area contributed by atoms with E-state index in [0.29, 0.717) is 38.3 Å². The van der Waals surface area contributed by atoms with Crippen LogP contribution in [0.3, 0.4) is 0 Å². The predicted octanol–water partition coefficient (Wildman–Crippen LogP) is 1.89. The summed E-state index contributed by atoms with van der Waals surface area (Å²) >= 11 is 0. The molecule has 0 saturated carbocycles. The lowest BCUT2D eigenvalue weighted by Crippen LogP contribution is -2.46. The van der Waals surface area contributed by atoms with Crippen molar-refractivity contribution >= 4 is 17.6 Å². The number of carbonyl (C=O) groups is 2. The van der Waals surface area contributed by atoms with E-state index >= 15 is 0 Å². The highest BCUT2D eigenvalue weighted by atomic mass is 19.4. The highest BCUT2D eigenvalue weighted by molar-refractivity contribution is 5.92. The van der Waals surface area contributed by atoms with E-state index in [0.717, 1.165) is 52.7 Å². The second kappa shape index (κ2) is 13.4. The zero-order chi connectivity index (χ0) is 32.1. The van der Waals surface area contributed by atoms with Crippen LogP contribution in [0.25, 0.3) is 0 Å². The lowest BCUT2D eigenvalue weighted by atomic mass is 10.0. The third kappa shape index (κ3) is 7.78. The van der Waals surface area contributed by atoms with Gasteiger partial charge >= 0.3 is 29.4 Å². The lowest BCUT2D eigenvalue weighted by Gasteiger charge is -2.36. The smallest absolute Gasteiger partial charge is 0.422 e. The zero-order valence-corrected chi connectivity index (χ0v) is 24.3. The minimum absolute atomic E-state index is 0.0296. The van der Waals surface area contributed by atoms with Crippen molar-refractivity contribution in [1.82, 2.24) is 19.2 Å². The molecule has 0 N–H and O–H groups in total. The van der Waals surface area contributed by atoms with Gasteiger partial charge in [0.05, 0.1) is 18.4 Å². The number of aromatic nitrogens is 3. The number of carbonyl (C=O) groups excluding carboxylic acids is 2. The van der Waals surface area contributed by atoms with E-state index in [9.17, 15) is 32.3 Å². The Balaban J connectivity index is 1.23. The van der Waals surface area contributed by atoms with E-state index in [4.69, 9.17) is 14.3 Å². The first-order chi connectivity index (χ1) is 21.5. The van der Waals surface area contributed by atoms with Crippen molar-refractivity contribution in [2.75, 3.05) is 44.2 Å². The van der Waals surface area contributed by atoms with E-state index in [1.807, 2.05) is 11.8 Å². The lowest BCUT2D eigenvalue weighted by molar-refractivity contribution is -0.153. The fourth-order valence-electron chi connectivity index (χ4n) is 5.15. The Morgan fingerprint density at radius 1 is 0.978 bits per heavy atom. The molecular formula is C30H30F3N5O7. The van der Waals surface area contributed by atoms with Crippen LogP contribution in [0.1, 0.15) is 23.2 Å². The van der Waals surface area contributed by atoms with Crippen molar-refractivity contribution in [3.63, 3.8) is 0 Å². The topological polar surface area (TPSA) is 125 Å². The SMILES string of the molecule is Cc1ccnc(CCCN2CCN(c3ccccc3OCC(F)(F)F)CC2)c1Cn1cc2c(=O)n(c1=O)OC(=O)/C=C/C(=O)O2. The van der Waals surface area contributed by atoms with E-state index < -0.39 is 41.7 Å². The van der Waals surface area contributed by atoms with Gasteiger partial charge in [-0.1, -0.05) is 16.9 Å².